The molecule has 0 aromatic heterocycles. The summed E-state index contributed by atoms with van der Waals surface area (Å²) in [6.45, 7) is 1.44. The zero-order chi connectivity index (χ0) is 11.1. The van der Waals surface area contributed by atoms with Crippen LogP contribution in [-0.2, 0) is 9.59 Å². The fourth-order valence-corrected chi connectivity index (χ4v) is 1.91. The van der Waals surface area contributed by atoms with Crippen LogP contribution in [0.1, 0.15) is 51.9 Å². The van der Waals surface area contributed by atoms with Crippen molar-refractivity contribution >= 4 is 12.2 Å². The van der Waals surface area contributed by atoms with Gasteiger partial charge < -0.3 is 10.1 Å². The van der Waals surface area contributed by atoms with Crippen molar-refractivity contribution in [1.82, 2.24) is 5.32 Å². The highest BCUT2D eigenvalue weighted by molar-refractivity contribution is 5.79. The minimum absolute atomic E-state index is 0.331. The molecule has 1 N–H and O–H groups in total. The van der Waals surface area contributed by atoms with E-state index in [1.54, 1.807) is 0 Å². The molecule has 0 aromatic carbocycles. The summed E-state index contributed by atoms with van der Waals surface area (Å²) in [5.74, 6) is 0.677. The second-order valence-corrected chi connectivity index (χ2v) is 4.35. The molecule has 0 saturated heterocycles. The van der Waals surface area contributed by atoms with Gasteiger partial charge in [-0.3, -0.25) is 4.79 Å². The first-order chi connectivity index (χ1) is 7.27. The number of carbonyl (C=O) groups is 2. The first-order valence-electron chi connectivity index (χ1n) is 5.98. The fraction of sp³-hybridized carbons (Fsp3) is 0.833. The number of hydrogen-bond donors (Lipinski definition) is 1. The third-order valence-corrected chi connectivity index (χ3v) is 2.90. The highest BCUT2D eigenvalue weighted by Gasteiger charge is 2.27. The van der Waals surface area contributed by atoms with Crippen LogP contribution in [0.2, 0.25) is 0 Å². The van der Waals surface area contributed by atoms with Crippen molar-refractivity contribution in [2.24, 2.45) is 5.92 Å². The van der Waals surface area contributed by atoms with Gasteiger partial charge in [0.05, 0.1) is 0 Å². The van der Waals surface area contributed by atoms with Crippen molar-refractivity contribution in [3.05, 3.63) is 0 Å². The van der Waals surface area contributed by atoms with Gasteiger partial charge in [0.1, 0.15) is 6.29 Å². The highest BCUT2D eigenvalue weighted by Crippen LogP contribution is 2.25. The maximum absolute atomic E-state index is 11.5. The lowest BCUT2D eigenvalue weighted by atomic mass is 9.89. The second kappa shape index (κ2) is 6.59. The molecule has 3 heteroatoms. The van der Waals surface area contributed by atoms with Gasteiger partial charge in [-0.05, 0) is 32.6 Å². The molecule has 0 unspecified atom stereocenters. The van der Waals surface area contributed by atoms with E-state index in [2.05, 4.69) is 5.32 Å². The molecular formula is C12H21NO2. The average Bonchev–Trinajstić information content (AvgIpc) is 3.04. The molecule has 2 rings (SSSR count). The van der Waals surface area contributed by atoms with E-state index in [1.165, 1.54) is 39.0 Å². The van der Waals surface area contributed by atoms with Crippen LogP contribution in [0, 0.1) is 5.92 Å². The van der Waals surface area contributed by atoms with E-state index in [0.29, 0.717) is 17.9 Å². The molecule has 0 bridgehead atoms. The summed E-state index contributed by atoms with van der Waals surface area (Å²) in [5, 5.41) is 3.08. The zero-order valence-electron chi connectivity index (χ0n) is 9.50. The molecule has 1 amide bonds. The van der Waals surface area contributed by atoms with Crippen molar-refractivity contribution < 1.29 is 9.59 Å². The molecule has 2 fully saturated rings. The Morgan fingerprint density at radius 2 is 1.67 bits per heavy atom. The van der Waals surface area contributed by atoms with Crippen LogP contribution >= 0.6 is 0 Å². The Labute approximate surface area is 91.6 Å². The minimum Gasteiger partial charge on any atom is -0.353 e. The molecule has 2 saturated carbocycles. The monoisotopic (exact) mass is 211 g/mol. The van der Waals surface area contributed by atoms with Crippen molar-refractivity contribution in [3.8, 4) is 0 Å². The quantitative estimate of drug-likeness (QED) is 0.710. The highest BCUT2D eigenvalue weighted by atomic mass is 16.2. The normalized spacial score (nSPS) is 21.1. The van der Waals surface area contributed by atoms with E-state index in [9.17, 15) is 4.79 Å². The number of carbonyl (C=O) groups excluding carboxylic acids is 2. The van der Waals surface area contributed by atoms with E-state index in [4.69, 9.17) is 4.79 Å². The summed E-state index contributed by atoms with van der Waals surface area (Å²) in [7, 11) is 0. The summed E-state index contributed by atoms with van der Waals surface area (Å²) < 4.78 is 0. The van der Waals surface area contributed by atoms with Crippen LogP contribution in [0.5, 0.6) is 0 Å². The van der Waals surface area contributed by atoms with Gasteiger partial charge >= 0.3 is 0 Å². The van der Waals surface area contributed by atoms with Crippen LogP contribution in [0.15, 0.2) is 0 Å². The molecule has 2 aliphatic carbocycles. The van der Waals surface area contributed by atoms with E-state index in [1.807, 2.05) is 0 Å². The number of hydrogen-bond acceptors (Lipinski definition) is 2. The van der Waals surface area contributed by atoms with Gasteiger partial charge in [-0.25, -0.2) is 0 Å². The summed E-state index contributed by atoms with van der Waals surface area (Å²) in [4.78, 5) is 20.3. The van der Waals surface area contributed by atoms with Crippen LogP contribution < -0.4 is 5.32 Å². The molecule has 86 valence electrons. The van der Waals surface area contributed by atoms with Crippen molar-refractivity contribution in [1.29, 1.82) is 0 Å². The molecule has 0 radical (unpaired) electrons. The Morgan fingerprint density at radius 1 is 1.13 bits per heavy atom. The van der Waals surface area contributed by atoms with Gasteiger partial charge in [0.25, 0.3) is 0 Å². The Hall–Kier alpha value is -0.860. The maximum atomic E-state index is 11.5. The van der Waals surface area contributed by atoms with Crippen LogP contribution in [-0.4, -0.2) is 18.2 Å². The summed E-state index contributed by atoms with van der Waals surface area (Å²) in [5.41, 5.74) is 0. The SMILES string of the molecule is CC=O.O=C(NC1CC1)C1CCCCC1. The lowest BCUT2D eigenvalue weighted by Gasteiger charge is -2.20. The van der Waals surface area contributed by atoms with E-state index >= 15 is 0 Å². The van der Waals surface area contributed by atoms with Gasteiger partial charge in [-0.15, -0.1) is 0 Å². The van der Waals surface area contributed by atoms with E-state index in [0.717, 1.165) is 19.1 Å². The maximum Gasteiger partial charge on any atom is 0.223 e. The molecule has 0 aromatic rings. The first-order valence-corrected chi connectivity index (χ1v) is 5.98. The summed E-state index contributed by atoms with van der Waals surface area (Å²) >= 11 is 0. The third-order valence-electron chi connectivity index (χ3n) is 2.90. The predicted molar refractivity (Wildman–Crippen MR) is 59.5 cm³/mol. The fourth-order valence-electron chi connectivity index (χ4n) is 1.91. The molecule has 0 heterocycles. The number of nitrogens with one attached hydrogen (secondary N) is 1. The predicted octanol–water partition coefficient (Wildman–Crippen LogP) is 2.05. The molecule has 15 heavy (non-hydrogen) atoms. The Bertz CT molecular complexity index is 206. The van der Waals surface area contributed by atoms with Crippen LogP contribution in [0.25, 0.3) is 0 Å². The lowest BCUT2D eigenvalue weighted by Crippen LogP contribution is -2.33. The zero-order valence-corrected chi connectivity index (χ0v) is 9.50. The van der Waals surface area contributed by atoms with Gasteiger partial charge in [0.2, 0.25) is 5.91 Å². The molecule has 0 spiro atoms. The second-order valence-electron chi connectivity index (χ2n) is 4.35. The molecule has 3 nitrogen and oxygen atoms in total. The Kier molecular flexibility index (Phi) is 5.37. The first kappa shape index (κ1) is 12.2. The number of aldehydes is 1. The molecular weight excluding hydrogens is 190 g/mol. The lowest BCUT2D eigenvalue weighted by molar-refractivity contribution is -0.126. The molecule has 0 atom stereocenters. The molecule has 2 aliphatic rings. The van der Waals surface area contributed by atoms with Crippen molar-refractivity contribution in [3.63, 3.8) is 0 Å². The van der Waals surface area contributed by atoms with E-state index < -0.39 is 0 Å². The minimum atomic E-state index is 0.331. The average molecular weight is 211 g/mol. The van der Waals surface area contributed by atoms with Crippen molar-refractivity contribution in [2.45, 2.75) is 57.9 Å². The van der Waals surface area contributed by atoms with Gasteiger partial charge in [0, 0.05) is 12.0 Å². The number of rotatable bonds is 2. The summed E-state index contributed by atoms with van der Waals surface area (Å²) in [6.07, 6.45) is 9.24. The van der Waals surface area contributed by atoms with Gasteiger partial charge in [-0.1, -0.05) is 19.3 Å². The van der Waals surface area contributed by atoms with Crippen LogP contribution in [0.3, 0.4) is 0 Å². The topological polar surface area (TPSA) is 46.2 Å². The largest absolute Gasteiger partial charge is 0.353 e. The van der Waals surface area contributed by atoms with Gasteiger partial charge in [0.15, 0.2) is 0 Å². The third kappa shape index (κ3) is 4.96. The summed E-state index contributed by atoms with van der Waals surface area (Å²) in [6, 6.07) is 0.541. The molecule has 0 aliphatic heterocycles. The Balaban J connectivity index is 0.000000337. The standard InChI is InChI=1S/C10H17NO.C2H4O/c12-10(11-9-6-7-9)8-4-2-1-3-5-8;1-2-3/h8-9H,1-7H2,(H,11,12);2H,1H3. The number of amides is 1. The van der Waals surface area contributed by atoms with E-state index in [-0.39, 0.29) is 0 Å². The Morgan fingerprint density at radius 3 is 2.13 bits per heavy atom. The smallest absolute Gasteiger partial charge is 0.223 e. The van der Waals surface area contributed by atoms with Crippen LogP contribution in [0.4, 0.5) is 0 Å². The van der Waals surface area contributed by atoms with Crippen molar-refractivity contribution in [2.75, 3.05) is 0 Å². The van der Waals surface area contributed by atoms with Gasteiger partial charge in [-0.2, -0.15) is 0 Å².